The third-order valence-electron chi connectivity index (χ3n) is 7.62. The van der Waals surface area contributed by atoms with Gasteiger partial charge in [-0.3, -0.25) is 0 Å². The smallest absolute Gasteiger partial charge is 0.335 e. The number of aromatic carboxylic acids is 1. The third kappa shape index (κ3) is 6.87. The van der Waals surface area contributed by atoms with Crippen molar-refractivity contribution in [1.29, 1.82) is 0 Å². The van der Waals surface area contributed by atoms with Crippen LogP contribution in [0.15, 0.2) is 53.4 Å². The van der Waals surface area contributed by atoms with E-state index in [4.69, 9.17) is 13.0 Å². The molecule has 2 aliphatic carbocycles. The molecule has 0 unspecified atom stereocenters. The van der Waals surface area contributed by atoms with Crippen LogP contribution in [-0.4, -0.2) is 48.2 Å². The van der Waals surface area contributed by atoms with E-state index in [9.17, 15) is 18.3 Å². The van der Waals surface area contributed by atoms with Gasteiger partial charge in [0.05, 0.1) is 16.2 Å². The van der Waals surface area contributed by atoms with Crippen LogP contribution in [0.3, 0.4) is 0 Å². The van der Waals surface area contributed by atoms with Crippen LogP contribution in [0.1, 0.15) is 75.7 Å². The number of rotatable bonds is 12. The number of aromatic nitrogens is 2. The number of hydrogen-bond donors (Lipinski definition) is 3. The van der Waals surface area contributed by atoms with Crippen LogP contribution < -0.4 is 14.8 Å². The van der Waals surface area contributed by atoms with Gasteiger partial charge in [0.25, 0.3) is 10.0 Å². The van der Waals surface area contributed by atoms with Gasteiger partial charge in [-0.2, -0.15) is 4.98 Å². The lowest BCUT2D eigenvalue weighted by molar-refractivity contribution is 0.0696. The number of carboxylic acids is 1. The molecule has 41 heavy (non-hydrogen) atoms. The van der Waals surface area contributed by atoms with Gasteiger partial charge in [-0.05, 0) is 86.5 Å². The summed E-state index contributed by atoms with van der Waals surface area (Å²) in [7, 11) is -4.45. The molecule has 1 spiro atoms. The predicted molar refractivity (Wildman–Crippen MR) is 158 cm³/mol. The fourth-order valence-corrected chi connectivity index (χ4v) is 6.43. The van der Waals surface area contributed by atoms with E-state index in [-0.39, 0.29) is 51.4 Å². The molecule has 1 heterocycles. The van der Waals surface area contributed by atoms with E-state index in [1.807, 2.05) is 0 Å². The van der Waals surface area contributed by atoms with Gasteiger partial charge >= 0.3 is 5.97 Å². The van der Waals surface area contributed by atoms with Gasteiger partial charge in [0.15, 0.2) is 0 Å². The lowest BCUT2D eigenvalue weighted by atomic mass is 9.76. The minimum atomic E-state index is -4.45. The van der Waals surface area contributed by atoms with Gasteiger partial charge in [0, 0.05) is 31.9 Å². The lowest BCUT2D eigenvalue weighted by Crippen LogP contribution is -2.49. The number of nitrogens with one attached hydrogen (secondary N) is 2. The molecule has 2 aromatic carbocycles. The maximum atomic E-state index is 13.4. The van der Waals surface area contributed by atoms with E-state index >= 15 is 0 Å². The molecule has 2 aliphatic rings. The van der Waals surface area contributed by atoms with Gasteiger partial charge in [0.1, 0.15) is 6.61 Å². The molecule has 5 rings (SSSR count). The number of carboxylic acid groups (broad SMARTS) is 1. The maximum absolute atomic E-state index is 13.4. The zero-order valence-electron chi connectivity index (χ0n) is 29.0. The Morgan fingerprint density at radius 1 is 1.12 bits per heavy atom. The quantitative estimate of drug-likeness (QED) is 0.251. The Morgan fingerprint density at radius 3 is 2.46 bits per heavy atom. The topological polar surface area (TPSA) is 131 Å². The molecular weight excluding hydrogens is 540 g/mol. The number of benzene rings is 2. The Kier molecular flexibility index (Phi) is 6.16. The van der Waals surface area contributed by atoms with E-state index in [2.05, 4.69) is 33.9 Å². The first-order valence-electron chi connectivity index (χ1n) is 16.6. The highest BCUT2D eigenvalue weighted by Gasteiger charge is 2.53. The van der Waals surface area contributed by atoms with Crippen LogP contribution in [0.25, 0.3) is 11.3 Å². The van der Waals surface area contributed by atoms with Gasteiger partial charge in [-0.25, -0.2) is 22.9 Å². The number of ether oxygens (including phenoxy) is 1. The Labute approximate surface area is 250 Å². The highest BCUT2D eigenvalue weighted by molar-refractivity contribution is 7.92. The van der Waals surface area contributed by atoms with Crippen LogP contribution in [0.4, 0.5) is 5.95 Å². The normalized spacial score (nSPS) is 19.6. The summed E-state index contributed by atoms with van der Waals surface area (Å²) < 4.78 is 83.8. The molecule has 0 amide bonds. The summed E-state index contributed by atoms with van der Waals surface area (Å²) in [6, 6.07) is 10.2. The summed E-state index contributed by atoms with van der Waals surface area (Å²) in [6.45, 7) is -1.15. The first-order valence-corrected chi connectivity index (χ1v) is 15.1. The molecular formula is C31H38N4O5S. The van der Waals surface area contributed by atoms with E-state index in [0.717, 1.165) is 25.3 Å². The number of hydrogen-bond acceptors (Lipinski definition) is 7. The number of aryl methyl sites for hydroxylation is 2. The molecule has 3 aromatic rings. The molecule has 2 saturated carbocycles. The van der Waals surface area contributed by atoms with Gasteiger partial charge in [-0.15, -0.1) is 0 Å². The average Bonchev–Trinajstić information content (AvgIpc) is 3.75. The fraction of sp³-hybridized carbons (Fsp3) is 0.452. The maximum Gasteiger partial charge on any atom is 0.335 e. The Hall–Kier alpha value is -3.50. The molecule has 1 aromatic heterocycles. The highest BCUT2D eigenvalue weighted by Crippen LogP contribution is 2.60. The van der Waals surface area contributed by atoms with Crippen LogP contribution in [0.2, 0.25) is 0 Å². The summed E-state index contributed by atoms with van der Waals surface area (Å²) in [6.07, 6.45) is 5.52. The van der Waals surface area contributed by atoms with E-state index in [1.54, 1.807) is 0 Å². The summed E-state index contributed by atoms with van der Waals surface area (Å²) in [5.74, 6) is -1.61. The fourth-order valence-electron chi connectivity index (χ4n) is 5.44. The molecule has 0 aliphatic heterocycles. The Morgan fingerprint density at radius 2 is 1.83 bits per heavy atom. The lowest BCUT2D eigenvalue weighted by Gasteiger charge is -2.39. The summed E-state index contributed by atoms with van der Waals surface area (Å²) in [5.41, 5.74) is -0.741. The zero-order chi connectivity index (χ0) is 34.4. The van der Waals surface area contributed by atoms with E-state index < -0.39 is 35.6 Å². The minimum absolute atomic E-state index is 0.0685. The molecule has 10 heteroatoms. The summed E-state index contributed by atoms with van der Waals surface area (Å²) in [4.78, 5) is 19.6. The molecule has 1 atom stereocenters. The van der Waals surface area contributed by atoms with Crippen molar-refractivity contribution in [1.82, 2.24) is 15.3 Å². The second-order valence-corrected chi connectivity index (χ2v) is 13.2. The molecule has 0 saturated heterocycles. The SMILES string of the molecule is [2H]C([2H])([2H])c1cccc(C([2H])([2H])[2H])c1-c1cc(OC[C@@H](CC(C)C)NC2CC3(CC3)C2)nc(NS(=O)(=O)c2cccc(C(=O)O)c2)n1. The molecule has 9 nitrogen and oxygen atoms in total. The van der Waals surface area contributed by atoms with Crippen LogP contribution in [-0.2, 0) is 10.0 Å². The van der Waals surface area contributed by atoms with Crippen molar-refractivity contribution in [3.63, 3.8) is 0 Å². The first kappa shape index (κ1) is 22.1. The Balaban J connectivity index is 1.55. The van der Waals surface area contributed by atoms with Crippen molar-refractivity contribution < 1.29 is 31.3 Å². The van der Waals surface area contributed by atoms with Gasteiger partial charge in [-0.1, -0.05) is 38.1 Å². The molecule has 0 bridgehead atoms. The third-order valence-corrected chi connectivity index (χ3v) is 8.94. The number of sulfonamides is 1. The second-order valence-electron chi connectivity index (χ2n) is 11.5. The first-order chi connectivity index (χ1) is 21.8. The van der Waals surface area contributed by atoms with Crippen LogP contribution in [0, 0.1) is 25.0 Å². The number of carbonyl (C=O) groups is 1. The molecule has 218 valence electrons. The van der Waals surface area contributed by atoms with Crippen LogP contribution >= 0.6 is 0 Å². The molecule has 2 fully saturated rings. The van der Waals surface area contributed by atoms with Crippen molar-refractivity contribution in [2.24, 2.45) is 11.3 Å². The monoisotopic (exact) mass is 584 g/mol. The van der Waals surface area contributed by atoms with Crippen molar-refractivity contribution in [2.75, 3.05) is 11.3 Å². The predicted octanol–water partition coefficient (Wildman–Crippen LogP) is 5.59. The number of nitrogens with zero attached hydrogens (tertiary/aromatic N) is 2. The van der Waals surface area contributed by atoms with Crippen molar-refractivity contribution in [3.8, 4) is 17.1 Å². The zero-order valence-corrected chi connectivity index (χ0v) is 23.8. The van der Waals surface area contributed by atoms with Gasteiger partial charge < -0.3 is 15.2 Å². The van der Waals surface area contributed by atoms with Crippen molar-refractivity contribution >= 4 is 21.9 Å². The summed E-state index contributed by atoms with van der Waals surface area (Å²) in [5, 5.41) is 13.0. The average molecular weight is 585 g/mol. The van der Waals surface area contributed by atoms with Crippen molar-refractivity contribution in [2.45, 2.75) is 76.6 Å². The van der Waals surface area contributed by atoms with E-state index in [0.29, 0.717) is 17.4 Å². The number of anilines is 1. The van der Waals surface area contributed by atoms with Crippen molar-refractivity contribution in [3.05, 3.63) is 65.2 Å². The Bertz CT molecular complexity index is 1720. The standard InChI is InChI=1S/C31H38N4O5S/c1-19(2)13-23(32-24-16-31(17-24)11-12-31)18-40-27-15-26(28-20(3)7-5-8-21(28)4)33-30(34-27)35-41(38,39)25-10-6-9-22(14-25)29(36)37/h5-10,14-15,19,23-24,32H,11-13,16-18H2,1-4H3,(H,36,37)(H,33,34,35)/t23-/m1/s1/i3D3,4D3. The molecule has 0 radical (unpaired) electrons. The highest BCUT2D eigenvalue weighted by atomic mass is 32.2. The summed E-state index contributed by atoms with van der Waals surface area (Å²) >= 11 is 0. The second kappa shape index (κ2) is 11.4. The van der Waals surface area contributed by atoms with Gasteiger partial charge in [0.2, 0.25) is 11.8 Å². The van der Waals surface area contributed by atoms with E-state index in [1.165, 1.54) is 55.3 Å². The minimum Gasteiger partial charge on any atom is -0.478 e. The molecule has 3 N–H and O–H groups in total. The largest absolute Gasteiger partial charge is 0.478 e. The van der Waals surface area contributed by atoms with Crippen LogP contribution in [0.5, 0.6) is 5.88 Å².